The Balaban J connectivity index is 1.51. The van der Waals surface area contributed by atoms with Crippen LogP contribution in [0.1, 0.15) is 61.1 Å². The number of anilines is 1. The van der Waals surface area contributed by atoms with Crippen LogP contribution in [0.2, 0.25) is 0 Å². The number of nitrogens with two attached hydrogens (primary N) is 1. The smallest absolute Gasteiger partial charge is 0.284 e. The van der Waals surface area contributed by atoms with Crippen molar-refractivity contribution >= 4 is 11.6 Å². The first-order valence-corrected chi connectivity index (χ1v) is 11.1. The molecule has 29 heavy (non-hydrogen) atoms. The predicted molar refractivity (Wildman–Crippen MR) is 115 cm³/mol. The highest BCUT2D eigenvalue weighted by molar-refractivity contribution is 5.92. The van der Waals surface area contributed by atoms with Crippen LogP contribution in [-0.2, 0) is 0 Å². The van der Waals surface area contributed by atoms with Crippen LogP contribution >= 0.6 is 0 Å². The molecule has 2 atom stereocenters. The minimum atomic E-state index is -0.456. The average Bonchev–Trinajstić information content (AvgIpc) is 3.21. The molecule has 0 aliphatic carbocycles. The first-order chi connectivity index (χ1) is 14.1. The van der Waals surface area contributed by atoms with Crippen molar-refractivity contribution in [1.29, 1.82) is 0 Å². The van der Waals surface area contributed by atoms with Crippen LogP contribution in [0.15, 0.2) is 34.7 Å². The van der Waals surface area contributed by atoms with E-state index in [1.807, 2.05) is 0 Å². The van der Waals surface area contributed by atoms with E-state index in [0.29, 0.717) is 23.6 Å². The molecule has 2 aromatic rings. The quantitative estimate of drug-likeness (QED) is 0.844. The van der Waals surface area contributed by atoms with Gasteiger partial charge in [-0.3, -0.25) is 4.79 Å². The van der Waals surface area contributed by atoms with Gasteiger partial charge in [-0.05, 0) is 76.2 Å². The average molecular weight is 394 g/mol. The number of nitrogens with zero attached hydrogens (tertiary/aromatic N) is 2. The summed E-state index contributed by atoms with van der Waals surface area (Å²) >= 11 is 0. The number of hydrogen-bond donors (Lipinski definition) is 1. The molecule has 4 saturated heterocycles. The Morgan fingerprint density at radius 1 is 1.07 bits per heavy atom. The molecule has 0 unspecified atom stereocenters. The predicted octanol–water partition coefficient (Wildman–Crippen LogP) is 4.23. The highest BCUT2D eigenvalue weighted by Crippen LogP contribution is 2.46. The van der Waals surface area contributed by atoms with Gasteiger partial charge in [0, 0.05) is 41.9 Å². The number of furan rings is 1. The number of primary amides is 1. The summed E-state index contributed by atoms with van der Waals surface area (Å²) in [6.07, 6.45) is 6.20. The number of hydrogen-bond acceptors (Lipinski definition) is 4. The van der Waals surface area contributed by atoms with Crippen molar-refractivity contribution in [3.8, 4) is 11.3 Å². The van der Waals surface area contributed by atoms with E-state index in [9.17, 15) is 4.79 Å². The van der Waals surface area contributed by atoms with Crippen LogP contribution in [0.25, 0.3) is 11.3 Å². The molecule has 0 saturated carbocycles. The van der Waals surface area contributed by atoms with E-state index in [1.54, 1.807) is 0 Å². The summed E-state index contributed by atoms with van der Waals surface area (Å²) in [5, 5.41) is 0. The molecule has 6 rings (SSSR count). The van der Waals surface area contributed by atoms with Crippen LogP contribution in [-0.4, -0.2) is 43.0 Å². The Hall–Kier alpha value is -2.27. The maximum Gasteiger partial charge on any atom is 0.284 e. The van der Waals surface area contributed by atoms with Crippen LogP contribution in [0, 0.1) is 5.92 Å². The van der Waals surface area contributed by atoms with Gasteiger partial charge in [-0.15, -0.1) is 0 Å². The molecule has 2 bridgehead atoms. The lowest BCUT2D eigenvalue weighted by molar-refractivity contribution is 0.0343. The van der Waals surface area contributed by atoms with Gasteiger partial charge in [-0.25, -0.2) is 0 Å². The number of carbonyl (C=O) groups excluding carboxylic acids is 1. The highest BCUT2D eigenvalue weighted by Gasteiger charge is 2.43. The van der Waals surface area contributed by atoms with E-state index in [1.165, 1.54) is 37.8 Å². The minimum absolute atomic E-state index is 0.322. The molecule has 1 aromatic heterocycles. The third-order valence-corrected chi connectivity index (χ3v) is 7.37. The second kappa shape index (κ2) is 7.52. The Bertz CT molecular complexity index is 889. The van der Waals surface area contributed by atoms with Crippen molar-refractivity contribution < 1.29 is 9.21 Å². The van der Waals surface area contributed by atoms with Crippen LogP contribution in [0.3, 0.4) is 0 Å². The summed E-state index contributed by atoms with van der Waals surface area (Å²) in [7, 11) is 0. The topological polar surface area (TPSA) is 62.7 Å². The highest BCUT2D eigenvalue weighted by atomic mass is 16.4. The first-order valence-electron chi connectivity index (χ1n) is 11.1. The Morgan fingerprint density at radius 3 is 2.52 bits per heavy atom. The van der Waals surface area contributed by atoms with E-state index in [0.717, 1.165) is 43.1 Å². The third kappa shape index (κ3) is 3.35. The van der Waals surface area contributed by atoms with Gasteiger partial charge in [-0.1, -0.05) is 12.1 Å². The molecule has 5 nitrogen and oxygen atoms in total. The zero-order valence-corrected chi connectivity index (χ0v) is 17.3. The van der Waals surface area contributed by atoms with Crippen molar-refractivity contribution in [2.24, 2.45) is 11.7 Å². The summed E-state index contributed by atoms with van der Waals surface area (Å²) in [4.78, 5) is 17.2. The number of piperidine rings is 4. The van der Waals surface area contributed by atoms with Gasteiger partial charge in [0.25, 0.3) is 5.91 Å². The fourth-order valence-corrected chi connectivity index (χ4v) is 5.82. The number of fused-ring (bicyclic) bond motifs is 3. The number of amides is 1. The molecule has 1 amide bonds. The standard InChI is InChI=1S/C24H31N3O2/c1-16-22(17-8-12-26(16)13-9-17)20-15-21(29-23(20)24(25)28)18-6-5-7-19(14-18)27-10-3-2-4-11-27/h5-7,14-17,22H,2-4,8-13H2,1H3,(H2,25,28)/t16-,22+/m0/s1. The van der Waals surface area contributed by atoms with E-state index >= 15 is 0 Å². The Kier molecular flexibility index (Phi) is 4.86. The Labute approximate surface area is 172 Å². The van der Waals surface area contributed by atoms with Gasteiger partial charge < -0.3 is 20.0 Å². The molecule has 1 aromatic carbocycles. The lowest BCUT2D eigenvalue weighted by Crippen LogP contribution is -2.52. The zero-order valence-electron chi connectivity index (χ0n) is 17.3. The van der Waals surface area contributed by atoms with E-state index in [4.69, 9.17) is 10.2 Å². The maximum atomic E-state index is 12.2. The summed E-state index contributed by atoms with van der Waals surface area (Å²) < 4.78 is 6.10. The fraction of sp³-hybridized carbons (Fsp3) is 0.542. The molecule has 154 valence electrons. The first kappa shape index (κ1) is 18.7. The monoisotopic (exact) mass is 393 g/mol. The second-order valence-corrected chi connectivity index (χ2v) is 9.00. The van der Waals surface area contributed by atoms with Crippen molar-refractivity contribution in [3.05, 3.63) is 41.7 Å². The molecule has 0 radical (unpaired) electrons. The lowest BCUT2D eigenvalue weighted by atomic mass is 9.71. The summed E-state index contributed by atoms with van der Waals surface area (Å²) in [6, 6.07) is 11.0. The maximum absolute atomic E-state index is 12.2. The molecule has 4 fully saturated rings. The van der Waals surface area contributed by atoms with Gasteiger partial charge in [0.15, 0.2) is 5.76 Å². The molecule has 2 N–H and O–H groups in total. The lowest BCUT2D eigenvalue weighted by Gasteiger charge is -2.49. The van der Waals surface area contributed by atoms with E-state index < -0.39 is 5.91 Å². The normalized spacial score (nSPS) is 29.2. The molecule has 4 aliphatic heterocycles. The summed E-state index contributed by atoms with van der Waals surface area (Å²) in [6.45, 7) is 6.82. The van der Waals surface area contributed by atoms with E-state index in [2.05, 4.69) is 47.1 Å². The van der Waals surface area contributed by atoms with Crippen molar-refractivity contribution in [2.45, 2.75) is 51.0 Å². The molecule has 5 heterocycles. The van der Waals surface area contributed by atoms with Crippen LogP contribution in [0.5, 0.6) is 0 Å². The van der Waals surface area contributed by atoms with E-state index in [-0.39, 0.29) is 0 Å². The van der Waals surface area contributed by atoms with Crippen LogP contribution < -0.4 is 10.6 Å². The largest absolute Gasteiger partial charge is 0.451 e. The molecule has 0 spiro atoms. The SMILES string of the molecule is C[C@H]1[C@@H](c2cc(-c3cccc(N4CCCCC4)c3)oc2C(N)=O)C2CCN1CC2. The third-order valence-electron chi connectivity index (χ3n) is 7.37. The van der Waals surface area contributed by atoms with Crippen molar-refractivity contribution in [3.63, 3.8) is 0 Å². The van der Waals surface area contributed by atoms with Gasteiger partial charge >= 0.3 is 0 Å². The zero-order chi connectivity index (χ0) is 20.0. The molecular formula is C24H31N3O2. The second-order valence-electron chi connectivity index (χ2n) is 9.00. The Morgan fingerprint density at radius 2 is 1.83 bits per heavy atom. The summed E-state index contributed by atoms with van der Waals surface area (Å²) in [5.74, 6) is 1.59. The molecular weight excluding hydrogens is 362 g/mol. The number of benzene rings is 1. The fourth-order valence-electron chi connectivity index (χ4n) is 5.82. The van der Waals surface area contributed by atoms with Gasteiger partial charge in [0.05, 0.1) is 0 Å². The van der Waals surface area contributed by atoms with Gasteiger partial charge in [0.2, 0.25) is 0 Å². The van der Waals surface area contributed by atoms with Gasteiger partial charge in [-0.2, -0.15) is 0 Å². The van der Waals surface area contributed by atoms with Gasteiger partial charge in [0.1, 0.15) is 5.76 Å². The minimum Gasteiger partial charge on any atom is -0.451 e. The molecule has 4 aliphatic rings. The number of rotatable bonds is 4. The number of carbonyl (C=O) groups is 1. The van der Waals surface area contributed by atoms with Crippen molar-refractivity contribution in [2.75, 3.05) is 31.1 Å². The van der Waals surface area contributed by atoms with Crippen LogP contribution in [0.4, 0.5) is 5.69 Å². The molecule has 5 heteroatoms. The summed E-state index contributed by atoms with van der Waals surface area (Å²) in [5.41, 5.74) is 9.02. The van der Waals surface area contributed by atoms with Crippen molar-refractivity contribution in [1.82, 2.24) is 4.90 Å².